The normalized spacial score (nSPS) is 13.9. The molecule has 1 fully saturated rings. The number of amides is 1. The molecular weight excluding hydrogens is 644 g/mol. The molecule has 0 atom stereocenters. The van der Waals surface area contributed by atoms with E-state index in [0.29, 0.717) is 29.4 Å². The Kier molecular flexibility index (Phi) is 9.58. The second kappa shape index (κ2) is 13.5. The molecule has 0 aliphatic carbocycles. The lowest BCUT2D eigenvalue weighted by molar-refractivity contribution is 0.0947. The maximum atomic E-state index is 13.1. The summed E-state index contributed by atoms with van der Waals surface area (Å²) in [6, 6.07) is 17.6. The van der Waals surface area contributed by atoms with Gasteiger partial charge in [0.05, 0.1) is 21.8 Å². The first-order valence-corrected chi connectivity index (χ1v) is 15.8. The molecule has 0 spiro atoms. The van der Waals surface area contributed by atoms with Gasteiger partial charge >= 0.3 is 0 Å². The van der Waals surface area contributed by atoms with Crippen LogP contribution in [0.5, 0.6) is 11.5 Å². The molecule has 13 heteroatoms. The molecule has 2 heterocycles. The molecule has 4 aromatic rings. The van der Waals surface area contributed by atoms with Gasteiger partial charge in [-0.3, -0.25) is 19.4 Å². The summed E-state index contributed by atoms with van der Waals surface area (Å²) in [5, 5.41) is 3.29. The van der Waals surface area contributed by atoms with Gasteiger partial charge in [-0.2, -0.15) is 0 Å². The second-order valence-corrected chi connectivity index (χ2v) is 12.5. The van der Waals surface area contributed by atoms with Gasteiger partial charge in [-0.25, -0.2) is 13.4 Å². The highest BCUT2D eigenvalue weighted by molar-refractivity contribution is 9.10. The zero-order valence-corrected chi connectivity index (χ0v) is 25.6. The third-order valence-electron chi connectivity index (χ3n) is 6.63. The Morgan fingerprint density at radius 3 is 2.45 bits per heavy atom. The van der Waals surface area contributed by atoms with Crippen molar-refractivity contribution >= 4 is 55.0 Å². The molecule has 0 saturated carbocycles. The number of sulfonamides is 1. The van der Waals surface area contributed by atoms with E-state index in [1.165, 1.54) is 24.3 Å². The number of aromatic nitrogens is 2. The number of para-hydroxylation sites is 2. The molecule has 1 aliphatic rings. The molecule has 218 valence electrons. The van der Waals surface area contributed by atoms with Crippen LogP contribution in [-0.4, -0.2) is 68.5 Å². The monoisotopic (exact) mass is 670 g/mol. The Morgan fingerprint density at radius 2 is 1.74 bits per heavy atom. The molecule has 42 heavy (non-hydrogen) atoms. The molecule has 1 aromatic heterocycles. The lowest BCUT2D eigenvalue weighted by Gasteiger charge is -2.35. The highest BCUT2D eigenvalue weighted by atomic mass is 79.9. The average Bonchev–Trinajstić information content (AvgIpc) is 3.00. The van der Waals surface area contributed by atoms with E-state index >= 15 is 0 Å². The van der Waals surface area contributed by atoms with E-state index in [1.807, 2.05) is 0 Å². The van der Waals surface area contributed by atoms with E-state index in [1.54, 1.807) is 61.1 Å². The molecule has 1 amide bonds. The van der Waals surface area contributed by atoms with Gasteiger partial charge in [0.15, 0.2) is 5.75 Å². The molecule has 0 bridgehead atoms. The summed E-state index contributed by atoms with van der Waals surface area (Å²) in [6.07, 6.45) is 5.11. The first-order chi connectivity index (χ1) is 20.3. The van der Waals surface area contributed by atoms with Crippen molar-refractivity contribution in [3.8, 4) is 11.5 Å². The molecule has 10 nitrogen and oxygen atoms in total. The Morgan fingerprint density at radius 1 is 0.976 bits per heavy atom. The lowest BCUT2D eigenvalue weighted by atomic mass is 10.2. The summed E-state index contributed by atoms with van der Waals surface area (Å²) in [6.45, 7) is 4.58. The fourth-order valence-corrected chi connectivity index (χ4v) is 6.17. The largest absolute Gasteiger partial charge is 0.454 e. The minimum atomic E-state index is -3.96. The number of nitrogens with zero attached hydrogens (tertiary/aromatic N) is 4. The highest BCUT2D eigenvalue weighted by Crippen LogP contribution is 2.35. The quantitative estimate of drug-likeness (QED) is 0.241. The number of carbonyl (C=O) groups excluding carboxylic acids is 1. The van der Waals surface area contributed by atoms with Crippen molar-refractivity contribution in [2.45, 2.75) is 4.90 Å². The van der Waals surface area contributed by atoms with E-state index in [2.05, 4.69) is 45.7 Å². The van der Waals surface area contributed by atoms with Crippen LogP contribution < -0.4 is 19.7 Å². The van der Waals surface area contributed by atoms with E-state index in [9.17, 15) is 13.2 Å². The van der Waals surface area contributed by atoms with Gasteiger partial charge in [0.1, 0.15) is 11.6 Å². The van der Waals surface area contributed by atoms with Gasteiger partial charge in [-0.1, -0.05) is 39.7 Å². The highest BCUT2D eigenvalue weighted by Gasteiger charge is 2.20. The average molecular weight is 672 g/mol. The van der Waals surface area contributed by atoms with Crippen molar-refractivity contribution in [3.63, 3.8) is 0 Å². The predicted octanol–water partition coefficient (Wildman–Crippen LogP) is 5.04. The molecule has 0 radical (unpaired) electrons. The van der Waals surface area contributed by atoms with Crippen LogP contribution >= 0.6 is 27.5 Å². The number of anilines is 2. The van der Waals surface area contributed by atoms with Crippen LogP contribution in [-0.2, 0) is 10.0 Å². The van der Waals surface area contributed by atoms with Crippen LogP contribution in [0, 0.1) is 0 Å². The summed E-state index contributed by atoms with van der Waals surface area (Å²) in [5.41, 5.74) is 0.617. The van der Waals surface area contributed by atoms with Crippen LogP contribution in [0.15, 0.2) is 94.7 Å². The number of carbonyl (C=O) groups is 1. The smallest absolute Gasteiger partial charge is 0.262 e. The van der Waals surface area contributed by atoms with Gasteiger partial charge < -0.3 is 15.0 Å². The second-order valence-electron chi connectivity index (χ2n) is 9.45. The Bertz CT molecular complexity index is 1640. The van der Waals surface area contributed by atoms with Crippen molar-refractivity contribution in [1.29, 1.82) is 0 Å². The molecule has 0 unspecified atom stereocenters. The zero-order valence-electron chi connectivity index (χ0n) is 22.4. The molecular formula is C29H28BrClN6O4S. The minimum Gasteiger partial charge on any atom is -0.454 e. The number of hydrogen-bond donors (Lipinski definition) is 2. The third kappa shape index (κ3) is 7.57. The topological polar surface area (TPSA) is 117 Å². The molecule has 3 aromatic carbocycles. The van der Waals surface area contributed by atoms with Crippen molar-refractivity contribution in [2.24, 2.45) is 0 Å². The standard InChI is InChI=1S/C29H28BrClN6O4S/c30-22-7-10-26(24(31)19-22)41-27-4-2-1-3-25(27)35-42(39,40)23-8-5-21(6-9-23)29(38)34-13-14-36-15-17-37(18-16-36)28-20-32-11-12-33-28/h1-12,19-20,35H,13-18H2,(H,34,38). The number of nitrogens with one attached hydrogen (secondary N) is 2. The van der Waals surface area contributed by atoms with Gasteiger partial charge in [0, 0.05) is 61.7 Å². The van der Waals surface area contributed by atoms with Gasteiger partial charge in [-0.15, -0.1) is 0 Å². The molecule has 1 saturated heterocycles. The number of ether oxygens (including phenoxy) is 1. The summed E-state index contributed by atoms with van der Waals surface area (Å²) in [4.78, 5) is 25.6. The van der Waals surface area contributed by atoms with E-state index in [4.69, 9.17) is 16.3 Å². The molecule has 1 aliphatic heterocycles. The minimum absolute atomic E-state index is 0.0107. The van der Waals surface area contributed by atoms with Crippen LogP contribution in [0.4, 0.5) is 11.5 Å². The third-order valence-corrected chi connectivity index (χ3v) is 8.80. The van der Waals surface area contributed by atoms with E-state index in [-0.39, 0.29) is 22.2 Å². The van der Waals surface area contributed by atoms with E-state index in [0.717, 1.165) is 36.5 Å². The van der Waals surface area contributed by atoms with Crippen LogP contribution in [0.1, 0.15) is 10.4 Å². The Balaban J connectivity index is 1.14. The maximum absolute atomic E-state index is 13.1. The Labute approximate surface area is 257 Å². The van der Waals surface area contributed by atoms with Crippen LogP contribution in [0.2, 0.25) is 5.02 Å². The van der Waals surface area contributed by atoms with E-state index < -0.39 is 10.0 Å². The fourth-order valence-electron chi connectivity index (χ4n) is 4.39. The van der Waals surface area contributed by atoms with Crippen molar-refractivity contribution in [1.82, 2.24) is 20.2 Å². The summed E-state index contributed by atoms with van der Waals surface area (Å²) >= 11 is 9.61. The number of rotatable bonds is 10. The number of halogens is 2. The van der Waals surface area contributed by atoms with Gasteiger partial charge in [-0.05, 0) is 54.6 Å². The number of hydrogen-bond acceptors (Lipinski definition) is 8. The number of piperazine rings is 1. The fraction of sp³-hybridized carbons (Fsp3) is 0.207. The van der Waals surface area contributed by atoms with Crippen LogP contribution in [0.25, 0.3) is 0 Å². The van der Waals surface area contributed by atoms with Gasteiger partial charge in [0.25, 0.3) is 15.9 Å². The summed E-state index contributed by atoms with van der Waals surface area (Å²) in [5.74, 6) is 1.27. The van der Waals surface area contributed by atoms with Crippen molar-refractivity contribution in [2.75, 3.05) is 48.9 Å². The first-order valence-electron chi connectivity index (χ1n) is 13.1. The van der Waals surface area contributed by atoms with Gasteiger partial charge in [0.2, 0.25) is 0 Å². The van der Waals surface area contributed by atoms with Crippen molar-refractivity contribution < 1.29 is 17.9 Å². The number of benzene rings is 3. The molecule has 2 N–H and O–H groups in total. The summed E-state index contributed by atoms with van der Waals surface area (Å²) < 4.78 is 35.5. The predicted molar refractivity (Wildman–Crippen MR) is 166 cm³/mol. The SMILES string of the molecule is O=C(NCCN1CCN(c2cnccn2)CC1)c1ccc(S(=O)(=O)Nc2ccccc2Oc2ccc(Br)cc2Cl)cc1. The van der Waals surface area contributed by atoms with Crippen LogP contribution in [0.3, 0.4) is 0 Å². The molecule has 5 rings (SSSR count). The Hall–Kier alpha value is -3.71. The maximum Gasteiger partial charge on any atom is 0.262 e. The van der Waals surface area contributed by atoms with Crippen molar-refractivity contribution in [3.05, 3.63) is 100 Å². The zero-order chi connectivity index (χ0) is 29.5. The first kappa shape index (κ1) is 29.8. The summed E-state index contributed by atoms with van der Waals surface area (Å²) in [7, 11) is -3.96. The lowest BCUT2D eigenvalue weighted by Crippen LogP contribution is -2.48.